The van der Waals surface area contributed by atoms with Crippen molar-refractivity contribution in [1.82, 2.24) is 9.55 Å². The van der Waals surface area contributed by atoms with Crippen molar-refractivity contribution < 1.29 is 0 Å². The molecule has 2 aromatic carbocycles. The molecule has 0 aliphatic heterocycles. The lowest BCUT2D eigenvalue weighted by Crippen LogP contribution is -2.02. The van der Waals surface area contributed by atoms with Gasteiger partial charge in [0.15, 0.2) is 0 Å². The molecule has 0 saturated carbocycles. The predicted molar refractivity (Wildman–Crippen MR) is 82.9 cm³/mol. The van der Waals surface area contributed by atoms with E-state index in [4.69, 9.17) is 17.3 Å². The fourth-order valence-electron chi connectivity index (χ4n) is 2.22. The Morgan fingerprint density at radius 2 is 1.95 bits per heavy atom. The average Bonchev–Trinajstić information content (AvgIpc) is 2.71. The molecule has 1 heterocycles. The molecule has 0 radical (unpaired) electrons. The Kier molecular flexibility index (Phi) is 2.99. The van der Waals surface area contributed by atoms with Gasteiger partial charge in [-0.25, -0.2) is 4.98 Å². The molecule has 3 nitrogen and oxygen atoms in total. The van der Waals surface area contributed by atoms with Crippen LogP contribution >= 0.6 is 27.5 Å². The van der Waals surface area contributed by atoms with E-state index in [9.17, 15) is 0 Å². The van der Waals surface area contributed by atoms with Gasteiger partial charge in [-0.05, 0) is 46.6 Å². The van der Waals surface area contributed by atoms with Crippen LogP contribution in [0.2, 0.25) is 5.02 Å². The van der Waals surface area contributed by atoms with Gasteiger partial charge in [-0.3, -0.25) is 4.57 Å². The van der Waals surface area contributed by atoms with Crippen LogP contribution < -0.4 is 5.73 Å². The molecule has 0 aliphatic rings. The second-order valence-electron chi connectivity index (χ2n) is 4.32. The number of hydrogen-bond donors (Lipinski definition) is 1. The summed E-state index contributed by atoms with van der Waals surface area (Å²) in [6.07, 6.45) is 0. The highest BCUT2D eigenvalue weighted by atomic mass is 79.9. The van der Waals surface area contributed by atoms with Gasteiger partial charge in [0.05, 0.1) is 26.2 Å². The maximum atomic E-state index is 6.15. The van der Waals surface area contributed by atoms with Crippen LogP contribution in [0.25, 0.3) is 16.7 Å². The molecule has 3 aromatic rings. The third kappa shape index (κ3) is 1.91. The Morgan fingerprint density at radius 3 is 2.74 bits per heavy atom. The number of rotatable bonds is 1. The van der Waals surface area contributed by atoms with E-state index in [0.29, 0.717) is 11.0 Å². The van der Waals surface area contributed by atoms with Crippen molar-refractivity contribution in [2.75, 3.05) is 5.73 Å². The van der Waals surface area contributed by atoms with Crippen LogP contribution in [-0.2, 0) is 0 Å². The zero-order valence-electron chi connectivity index (χ0n) is 10.2. The molecular weight excluding hydrogens is 326 g/mol. The minimum Gasteiger partial charge on any atom is -0.369 e. The molecule has 0 unspecified atom stereocenters. The van der Waals surface area contributed by atoms with Crippen molar-refractivity contribution in [1.29, 1.82) is 0 Å². The summed E-state index contributed by atoms with van der Waals surface area (Å²) in [6.45, 7) is 2.04. The molecule has 0 amide bonds. The molecule has 96 valence electrons. The van der Waals surface area contributed by atoms with Crippen molar-refractivity contribution in [2.24, 2.45) is 0 Å². The summed E-state index contributed by atoms with van der Waals surface area (Å²) in [5.74, 6) is 0.451. The first-order valence-electron chi connectivity index (χ1n) is 5.77. The molecule has 0 spiro atoms. The van der Waals surface area contributed by atoms with Crippen LogP contribution in [0.3, 0.4) is 0 Å². The van der Waals surface area contributed by atoms with Crippen LogP contribution in [0.1, 0.15) is 5.56 Å². The van der Waals surface area contributed by atoms with E-state index in [2.05, 4.69) is 20.9 Å². The average molecular weight is 337 g/mol. The maximum Gasteiger partial charge on any atom is 0.205 e. The molecule has 3 rings (SSSR count). The van der Waals surface area contributed by atoms with E-state index in [0.717, 1.165) is 26.8 Å². The molecule has 0 saturated heterocycles. The SMILES string of the molecule is Cc1cccc2nc(N)n(-c3cccc(Cl)c3Br)c12. The lowest BCUT2D eigenvalue weighted by molar-refractivity contribution is 1.10. The first-order valence-corrected chi connectivity index (χ1v) is 6.94. The topological polar surface area (TPSA) is 43.8 Å². The second kappa shape index (κ2) is 4.54. The zero-order chi connectivity index (χ0) is 13.6. The summed E-state index contributed by atoms with van der Waals surface area (Å²) in [6, 6.07) is 11.6. The van der Waals surface area contributed by atoms with Crippen LogP contribution in [0.5, 0.6) is 0 Å². The van der Waals surface area contributed by atoms with Gasteiger partial charge in [0.25, 0.3) is 0 Å². The first-order chi connectivity index (χ1) is 9.09. The summed E-state index contributed by atoms with van der Waals surface area (Å²) in [5, 5.41) is 0.646. The van der Waals surface area contributed by atoms with Gasteiger partial charge in [0.2, 0.25) is 5.95 Å². The minimum absolute atomic E-state index is 0.451. The Morgan fingerprint density at radius 1 is 1.21 bits per heavy atom. The van der Waals surface area contributed by atoms with Gasteiger partial charge in [-0.2, -0.15) is 0 Å². The van der Waals surface area contributed by atoms with E-state index < -0.39 is 0 Å². The Hall–Kier alpha value is -1.52. The number of aryl methyl sites for hydroxylation is 1. The predicted octanol–water partition coefficient (Wildman–Crippen LogP) is 4.33. The standard InChI is InChI=1S/C14H11BrClN3/c1-8-4-2-6-10-13(8)19(14(17)18-10)11-7-3-5-9(16)12(11)15/h2-7H,1H3,(H2,17,18). The minimum atomic E-state index is 0.451. The van der Waals surface area contributed by atoms with E-state index in [1.165, 1.54) is 0 Å². The second-order valence-corrected chi connectivity index (χ2v) is 5.52. The molecule has 0 aliphatic carbocycles. The Balaban J connectivity index is 2.43. The van der Waals surface area contributed by atoms with Crippen LogP contribution in [-0.4, -0.2) is 9.55 Å². The summed E-state index contributed by atoms with van der Waals surface area (Å²) in [7, 11) is 0. The third-order valence-corrected chi connectivity index (χ3v) is 4.45. The highest BCUT2D eigenvalue weighted by Gasteiger charge is 2.15. The summed E-state index contributed by atoms with van der Waals surface area (Å²) < 4.78 is 2.73. The summed E-state index contributed by atoms with van der Waals surface area (Å²) in [4.78, 5) is 4.40. The molecule has 2 N–H and O–H groups in total. The molecule has 19 heavy (non-hydrogen) atoms. The normalized spacial score (nSPS) is 11.1. The van der Waals surface area contributed by atoms with Crippen molar-refractivity contribution in [3.63, 3.8) is 0 Å². The van der Waals surface area contributed by atoms with E-state index in [1.54, 1.807) is 0 Å². The quantitative estimate of drug-likeness (QED) is 0.718. The number of nitrogen functional groups attached to an aromatic ring is 1. The highest BCUT2D eigenvalue weighted by molar-refractivity contribution is 9.10. The monoisotopic (exact) mass is 335 g/mol. The number of hydrogen-bond acceptors (Lipinski definition) is 2. The van der Waals surface area contributed by atoms with Crippen molar-refractivity contribution in [2.45, 2.75) is 6.92 Å². The van der Waals surface area contributed by atoms with E-state index in [1.807, 2.05) is 47.9 Å². The van der Waals surface area contributed by atoms with Gasteiger partial charge >= 0.3 is 0 Å². The number of fused-ring (bicyclic) bond motifs is 1. The first kappa shape index (κ1) is 12.5. The number of para-hydroxylation sites is 1. The molecule has 5 heteroatoms. The van der Waals surface area contributed by atoms with E-state index >= 15 is 0 Å². The van der Waals surface area contributed by atoms with Crippen LogP contribution in [0, 0.1) is 6.92 Å². The van der Waals surface area contributed by atoms with Crippen molar-refractivity contribution in [3.05, 3.63) is 51.5 Å². The maximum absolute atomic E-state index is 6.15. The lowest BCUT2D eigenvalue weighted by atomic mass is 10.2. The molecular formula is C14H11BrClN3. The zero-order valence-corrected chi connectivity index (χ0v) is 12.5. The Labute approximate surface area is 124 Å². The third-order valence-electron chi connectivity index (χ3n) is 3.08. The van der Waals surface area contributed by atoms with Crippen molar-refractivity contribution >= 4 is 44.5 Å². The fourth-order valence-corrected chi connectivity index (χ4v) is 2.83. The summed E-state index contributed by atoms with van der Waals surface area (Å²) >= 11 is 9.66. The number of anilines is 1. The number of imidazole rings is 1. The number of halogens is 2. The number of aromatic nitrogens is 2. The van der Waals surface area contributed by atoms with Gasteiger partial charge < -0.3 is 5.73 Å². The lowest BCUT2D eigenvalue weighted by Gasteiger charge is -2.11. The number of nitrogens with two attached hydrogens (primary N) is 1. The van der Waals surface area contributed by atoms with E-state index in [-0.39, 0.29) is 0 Å². The summed E-state index contributed by atoms with van der Waals surface area (Å²) in [5.41, 5.74) is 9.95. The van der Waals surface area contributed by atoms with Gasteiger partial charge in [-0.15, -0.1) is 0 Å². The molecule has 1 aromatic heterocycles. The molecule has 0 atom stereocenters. The molecule has 0 bridgehead atoms. The van der Waals surface area contributed by atoms with Crippen LogP contribution in [0.4, 0.5) is 5.95 Å². The largest absolute Gasteiger partial charge is 0.369 e. The van der Waals surface area contributed by atoms with Crippen molar-refractivity contribution in [3.8, 4) is 5.69 Å². The van der Waals surface area contributed by atoms with Gasteiger partial charge in [0, 0.05) is 0 Å². The number of nitrogens with zero attached hydrogens (tertiary/aromatic N) is 2. The molecule has 0 fully saturated rings. The smallest absolute Gasteiger partial charge is 0.205 e. The Bertz CT molecular complexity index is 780. The number of benzene rings is 2. The highest BCUT2D eigenvalue weighted by Crippen LogP contribution is 2.33. The van der Waals surface area contributed by atoms with Gasteiger partial charge in [0.1, 0.15) is 0 Å². The fraction of sp³-hybridized carbons (Fsp3) is 0.0714. The van der Waals surface area contributed by atoms with Crippen LogP contribution in [0.15, 0.2) is 40.9 Å². The van der Waals surface area contributed by atoms with Gasteiger partial charge in [-0.1, -0.05) is 29.8 Å².